The molecular formula is H3AlCl3Zr+5. The summed E-state index contributed by atoms with van der Waals surface area (Å²) in [4.78, 5) is 0. The first-order valence-electron chi connectivity index (χ1n) is 0. The third-order valence-corrected chi connectivity index (χ3v) is 0. The quantitative estimate of drug-likeness (QED) is 0.539. The van der Waals surface area contributed by atoms with Crippen LogP contribution in [-0.2, 0) is 26.2 Å². The van der Waals surface area contributed by atoms with E-state index in [1.54, 1.807) is 0 Å². The number of rotatable bonds is 0. The molecule has 0 atom stereocenters. The van der Waals surface area contributed by atoms with Crippen molar-refractivity contribution < 1.29 is 26.2 Å². The van der Waals surface area contributed by atoms with Gasteiger partial charge >= 0.3 is 43.6 Å². The Kier molecular flexibility index (Phi) is 370. The minimum atomic E-state index is 0. The zero-order chi connectivity index (χ0) is 0. The molecule has 0 rings (SSSR count). The molecule has 26 valence electrons. The predicted molar refractivity (Wildman–Crippen MR) is 27.5 cm³/mol. The minimum Gasteiger partial charge on any atom is -0.147 e. The van der Waals surface area contributed by atoms with Crippen LogP contribution in [0.25, 0.3) is 0 Å². The molecule has 0 aliphatic heterocycles. The van der Waals surface area contributed by atoms with Crippen molar-refractivity contribution in [1.29, 1.82) is 0 Å². The van der Waals surface area contributed by atoms with Crippen molar-refractivity contribution in [3.05, 3.63) is 0 Å². The summed E-state index contributed by atoms with van der Waals surface area (Å²) < 4.78 is 0. The first-order chi connectivity index (χ1) is 0. The van der Waals surface area contributed by atoms with Crippen LogP contribution in [0.15, 0.2) is 0 Å². The van der Waals surface area contributed by atoms with Gasteiger partial charge in [-0.05, 0) is 0 Å². The fraction of sp³-hybridized carbons (Fsp3) is 0. The Balaban J connectivity index is 0. The molecule has 0 radical (unpaired) electrons. The van der Waals surface area contributed by atoms with Crippen LogP contribution in [0.1, 0.15) is 0 Å². The van der Waals surface area contributed by atoms with Gasteiger partial charge in [-0.15, -0.1) is 37.2 Å². The zero-order valence-corrected chi connectivity index (χ0v) is 8.36. The molecule has 0 aliphatic carbocycles. The van der Waals surface area contributed by atoms with E-state index in [0.717, 1.165) is 0 Å². The van der Waals surface area contributed by atoms with Gasteiger partial charge in [0, 0.05) is 0 Å². The van der Waals surface area contributed by atoms with Crippen molar-refractivity contribution >= 4 is 54.6 Å². The average molecular weight is 228 g/mol. The molecule has 0 saturated carbocycles. The van der Waals surface area contributed by atoms with Crippen molar-refractivity contribution in [2.75, 3.05) is 0 Å². The van der Waals surface area contributed by atoms with Gasteiger partial charge in [-0.1, -0.05) is 0 Å². The number of halogens is 3. The van der Waals surface area contributed by atoms with Gasteiger partial charge in [0.15, 0.2) is 0 Å². The van der Waals surface area contributed by atoms with Crippen molar-refractivity contribution in [2.45, 2.75) is 0 Å². The maximum atomic E-state index is 0. The summed E-state index contributed by atoms with van der Waals surface area (Å²) in [6, 6.07) is 0. The van der Waals surface area contributed by atoms with Gasteiger partial charge < -0.3 is 0 Å². The third-order valence-electron chi connectivity index (χ3n) is 0. The molecule has 0 N–H and O–H groups in total. The van der Waals surface area contributed by atoms with E-state index in [0.29, 0.717) is 0 Å². The van der Waals surface area contributed by atoms with Crippen molar-refractivity contribution in [3.63, 3.8) is 0 Å². The van der Waals surface area contributed by atoms with Crippen LogP contribution in [0.4, 0.5) is 0 Å². The van der Waals surface area contributed by atoms with E-state index >= 15 is 0 Å². The average Bonchev–Trinajstić information content (AvgIpc) is 0. The fourth-order valence-corrected chi connectivity index (χ4v) is 0. The molecule has 0 amide bonds. The second kappa shape index (κ2) is 33.6. The molecule has 0 aromatic carbocycles. The maximum Gasteiger partial charge on any atom is 3.00 e. The van der Waals surface area contributed by atoms with Gasteiger partial charge in [-0.3, -0.25) is 0 Å². The second-order valence-electron chi connectivity index (χ2n) is 0. The first-order valence-corrected chi connectivity index (χ1v) is 0. The standard InChI is InChI=1S/Al.3ClH.Zr/h;3*1H;/q+3;;;;+2. The van der Waals surface area contributed by atoms with E-state index in [1.807, 2.05) is 0 Å². The van der Waals surface area contributed by atoms with Gasteiger partial charge in [-0.25, -0.2) is 0 Å². The first kappa shape index (κ1) is 55.1. The van der Waals surface area contributed by atoms with E-state index in [1.165, 1.54) is 0 Å². The molecule has 0 aromatic heterocycles. The summed E-state index contributed by atoms with van der Waals surface area (Å²) in [6.45, 7) is 0. The molecule has 0 aromatic rings. The Morgan fingerprint density at radius 2 is 0.600 bits per heavy atom. The Labute approximate surface area is 79.9 Å². The summed E-state index contributed by atoms with van der Waals surface area (Å²) in [5.41, 5.74) is 0. The molecule has 0 saturated heterocycles. The van der Waals surface area contributed by atoms with Gasteiger partial charge in [0.05, 0.1) is 0 Å². The topological polar surface area (TPSA) is 0 Å². The smallest absolute Gasteiger partial charge is 0.147 e. The summed E-state index contributed by atoms with van der Waals surface area (Å²) in [6.07, 6.45) is 0. The van der Waals surface area contributed by atoms with Crippen LogP contribution in [0, 0.1) is 0 Å². The van der Waals surface area contributed by atoms with E-state index in [4.69, 9.17) is 0 Å². The van der Waals surface area contributed by atoms with E-state index < -0.39 is 0 Å². The van der Waals surface area contributed by atoms with Crippen LogP contribution in [-0.4, -0.2) is 17.4 Å². The van der Waals surface area contributed by atoms with Crippen LogP contribution < -0.4 is 0 Å². The third kappa shape index (κ3) is 22.1. The van der Waals surface area contributed by atoms with Crippen LogP contribution in [0.5, 0.6) is 0 Å². The molecule has 0 unspecified atom stereocenters. The van der Waals surface area contributed by atoms with E-state index in [-0.39, 0.29) is 80.8 Å². The Morgan fingerprint density at radius 3 is 0.600 bits per heavy atom. The van der Waals surface area contributed by atoms with Crippen LogP contribution in [0.3, 0.4) is 0 Å². The molecule has 5 heavy (non-hydrogen) atoms. The SMILES string of the molecule is Cl.Cl.Cl.[Al+3].[Zr+2]. The molecule has 0 bridgehead atoms. The molecule has 0 fully saturated rings. The van der Waals surface area contributed by atoms with Gasteiger partial charge in [-0.2, -0.15) is 0 Å². The van der Waals surface area contributed by atoms with Gasteiger partial charge in [0.1, 0.15) is 0 Å². The van der Waals surface area contributed by atoms with Crippen LogP contribution >= 0.6 is 37.2 Å². The minimum absolute atomic E-state index is 0. The van der Waals surface area contributed by atoms with Gasteiger partial charge in [0.25, 0.3) is 0 Å². The molecule has 0 heterocycles. The predicted octanol–water partition coefficient (Wildman–Crippen LogP) is 0.882. The Bertz CT molecular complexity index is 6.85. The largest absolute Gasteiger partial charge is 3.00 e. The normalized spacial score (nSPS) is 0. The summed E-state index contributed by atoms with van der Waals surface area (Å²) >= 11 is 0. The van der Waals surface area contributed by atoms with Crippen LogP contribution in [0.2, 0.25) is 0 Å². The summed E-state index contributed by atoms with van der Waals surface area (Å²) in [5, 5.41) is 0. The summed E-state index contributed by atoms with van der Waals surface area (Å²) in [5.74, 6) is 0. The monoisotopic (exact) mass is 225 g/mol. The van der Waals surface area contributed by atoms with E-state index in [2.05, 4.69) is 0 Å². The Morgan fingerprint density at radius 1 is 0.600 bits per heavy atom. The fourth-order valence-electron chi connectivity index (χ4n) is 0. The summed E-state index contributed by atoms with van der Waals surface area (Å²) in [7, 11) is 0. The van der Waals surface area contributed by atoms with Crippen molar-refractivity contribution in [2.24, 2.45) is 0 Å². The van der Waals surface area contributed by atoms with E-state index in [9.17, 15) is 0 Å². The molecule has 0 nitrogen and oxygen atoms in total. The molecular weight excluding hydrogens is 225 g/mol. The van der Waals surface area contributed by atoms with Crippen molar-refractivity contribution in [3.8, 4) is 0 Å². The molecule has 0 spiro atoms. The van der Waals surface area contributed by atoms with Crippen molar-refractivity contribution in [1.82, 2.24) is 0 Å². The van der Waals surface area contributed by atoms with Gasteiger partial charge in [0.2, 0.25) is 0 Å². The number of hydrogen-bond donors (Lipinski definition) is 0. The molecule has 0 aliphatic rings. The maximum absolute atomic E-state index is 0. The Hall–Kier alpha value is 2.29. The zero-order valence-electron chi connectivity index (χ0n) is 2.30. The molecule has 5 heteroatoms. The number of hydrogen-bond acceptors (Lipinski definition) is 0. The second-order valence-corrected chi connectivity index (χ2v) is 0.